The topological polar surface area (TPSA) is 79.5 Å². The van der Waals surface area contributed by atoms with E-state index in [9.17, 15) is 0 Å². The fourth-order valence-electron chi connectivity index (χ4n) is 2.36. The molecule has 0 saturated heterocycles. The molecular weight excluding hydrogens is 258 g/mol. The van der Waals surface area contributed by atoms with Crippen LogP contribution in [-0.2, 0) is 4.74 Å². The molecule has 0 bridgehead atoms. The predicted molar refractivity (Wildman–Crippen MR) is 75.9 cm³/mol. The molecule has 0 radical (unpaired) electrons. The van der Waals surface area contributed by atoms with Crippen LogP contribution in [0.4, 0.5) is 5.69 Å². The van der Waals surface area contributed by atoms with Crippen LogP contribution in [0.5, 0.6) is 11.8 Å². The van der Waals surface area contributed by atoms with Crippen LogP contribution in [-0.4, -0.2) is 35.4 Å². The van der Waals surface area contributed by atoms with Crippen LogP contribution in [0.1, 0.15) is 39.5 Å². The summed E-state index contributed by atoms with van der Waals surface area (Å²) in [4.78, 5) is 8.15. The Bertz CT molecular complexity index is 440. The van der Waals surface area contributed by atoms with Crippen molar-refractivity contribution in [2.75, 3.05) is 12.8 Å². The molecule has 1 aromatic rings. The normalized spacial score (nSPS) is 22.8. The summed E-state index contributed by atoms with van der Waals surface area (Å²) in [5.41, 5.74) is 6.37. The molecule has 2 unspecified atom stereocenters. The number of hydrogen-bond donors (Lipinski definition) is 1. The van der Waals surface area contributed by atoms with Crippen LogP contribution in [0.2, 0.25) is 0 Å². The largest absolute Gasteiger partial charge is 0.473 e. The molecule has 0 amide bonds. The molecule has 1 heterocycles. The van der Waals surface area contributed by atoms with Gasteiger partial charge in [0, 0.05) is 13.5 Å². The molecule has 20 heavy (non-hydrogen) atoms. The monoisotopic (exact) mass is 281 g/mol. The zero-order chi connectivity index (χ0) is 14.5. The first-order valence-electron chi connectivity index (χ1n) is 7.06. The molecule has 2 rings (SSSR count). The van der Waals surface area contributed by atoms with Crippen LogP contribution in [0.15, 0.2) is 6.33 Å². The van der Waals surface area contributed by atoms with E-state index in [1.54, 1.807) is 7.11 Å². The van der Waals surface area contributed by atoms with Crippen LogP contribution >= 0.6 is 0 Å². The lowest BCUT2D eigenvalue weighted by Gasteiger charge is -2.28. The Hall–Kier alpha value is -1.56. The van der Waals surface area contributed by atoms with Gasteiger partial charge in [0.05, 0.1) is 12.2 Å². The van der Waals surface area contributed by atoms with Gasteiger partial charge >= 0.3 is 0 Å². The zero-order valence-corrected chi connectivity index (χ0v) is 12.3. The van der Waals surface area contributed by atoms with E-state index >= 15 is 0 Å². The summed E-state index contributed by atoms with van der Waals surface area (Å²) in [6.45, 7) is 3.85. The van der Waals surface area contributed by atoms with Crippen LogP contribution in [0.25, 0.3) is 0 Å². The summed E-state index contributed by atoms with van der Waals surface area (Å²) in [6, 6.07) is 0. The SMILES string of the molecule is COC1CCCC(Oc2ncnc(OC(C)C)c2N)C1. The molecule has 0 aliphatic heterocycles. The second-order valence-corrected chi connectivity index (χ2v) is 5.33. The van der Waals surface area contributed by atoms with E-state index in [0.29, 0.717) is 17.4 Å². The minimum Gasteiger partial charge on any atom is -0.473 e. The Kier molecular flexibility index (Phi) is 5.00. The molecule has 0 spiro atoms. The van der Waals surface area contributed by atoms with Crippen LogP contribution in [0, 0.1) is 0 Å². The highest BCUT2D eigenvalue weighted by Gasteiger charge is 2.24. The first kappa shape index (κ1) is 14.8. The lowest BCUT2D eigenvalue weighted by molar-refractivity contribution is 0.0196. The van der Waals surface area contributed by atoms with E-state index in [0.717, 1.165) is 25.7 Å². The molecule has 6 heteroatoms. The first-order valence-corrected chi connectivity index (χ1v) is 7.06. The smallest absolute Gasteiger partial charge is 0.244 e. The minimum absolute atomic E-state index is 0.00704. The van der Waals surface area contributed by atoms with Gasteiger partial charge in [-0.3, -0.25) is 0 Å². The minimum atomic E-state index is 0.00704. The lowest BCUT2D eigenvalue weighted by Crippen LogP contribution is -2.30. The molecule has 1 saturated carbocycles. The molecule has 1 aliphatic rings. The van der Waals surface area contributed by atoms with Gasteiger partial charge in [0.1, 0.15) is 12.4 Å². The average molecular weight is 281 g/mol. The molecule has 1 fully saturated rings. The Morgan fingerprint density at radius 1 is 1.20 bits per heavy atom. The van der Waals surface area contributed by atoms with E-state index in [1.807, 2.05) is 13.8 Å². The third-order valence-corrected chi connectivity index (χ3v) is 3.35. The zero-order valence-electron chi connectivity index (χ0n) is 12.3. The van der Waals surface area contributed by atoms with Crippen molar-refractivity contribution in [2.45, 2.75) is 57.8 Å². The number of ether oxygens (including phenoxy) is 3. The third-order valence-electron chi connectivity index (χ3n) is 3.35. The number of nitrogens with two attached hydrogens (primary N) is 1. The summed E-state index contributed by atoms with van der Waals surface area (Å²) in [6.07, 6.45) is 5.78. The molecule has 112 valence electrons. The van der Waals surface area contributed by atoms with Gasteiger partial charge in [0.15, 0.2) is 5.69 Å². The molecule has 1 aromatic heterocycles. The number of rotatable bonds is 5. The van der Waals surface area contributed by atoms with Gasteiger partial charge in [0.2, 0.25) is 11.8 Å². The van der Waals surface area contributed by atoms with E-state index in [4.69, 9.17) is 19.9 Å². The van der Waals surface area contributed by atoms with Gasteiger partial charge in [-0.05, 0) is 33.1 Å². The van der Waals surface area contributed by atoms with Crippen molar-refractivity contribution in [3.63, 3.8) is 0 Å². The number of anilines is 1. The Morgan fingerprint density at radius 3 is 2.60 bits per heavy atom. The lowest BCUT2D eigenvalue weighted by atomic mass is 9.95. The van der Waals surface area contributed by atoms with Crippen molar-refractivity contribution in [1.29, 1.82) is 0 Å². The highest BCUT2D eigenvalue weighted by molar-refractivity contribution is 5.55. The maximum atomic E-state index is 6.01. The van der Waals surface area contributed by atoms with Gasteiger partial charge in [0.25, 0.3) is 0 Å². The fraction of sp³-hybridized carbons (Fsp3) is 0.714. The highest BCUT2D eigenvalue weighted by atomic mass is 16.5. The molecule has 6 nitrogen and oxygen atoms in total. The number of methoxy groups -OCH3 is 1. The highest BCUT2D eigenvalue weighted by Crippen LogP contribution is 2.31. The van der Waals surface area contributed by atoms with Crippen molar-refractivity contribution < 1.29 is 14.2 Å². The summed E-state index contributed by atoms with van der Waals surface area (Å²) in [5.74, 6) is 0.779. The molecule has 2 atom stereocenters. The van der Waals surface area contributed by atoms with Gasteiger partial charge < -0.3 is 19.9 Å². The van der Waals surface area contributed by atoms with Gasteiger partial charge in [-0.15, -0.1) is 0 Å². The Morgan fingerprint density at radius 2 is 1.90 bits per heavy atom. The van der Waals surface area contributed by atoms with Crippen LogP contribution in [0.3, 0.4) is 0 Å². The summed E-state index contributed by atoms with van der Waals surface area (Å²) < 4.78 is 16.8. The standard InChI is InChI=1S/C14H23N3O3/c1-9(2)19-13-12(15)14(17-8-16-13)20-11-6-4-5-10(7-11)18-3/h8-11H,4-7,15H2,1-3H3. The number of aromatic nitrogens is 2. The second-order valence-electron chi connectivity index (χ2n) is 5.33. The summed E-state index contributed by atoms with van der Waals surface area (Å²) in [7, 11) is 1.74. The number of hydrogen-bond acceptors (Lipinski definition) is 6. The van der Waals surface area contributed by atoms with E-state index in [2.05, 4.69) is 9.97 Å². The first-order chi connectivity index (χ1) is 9.60. The number of nitrogen functional groups attached to an aromatic ring is 1. The molecular formula is C14H23N3O3. The Labute approximate surface area is 119 Å². The number of nitrogens with zero attached hydrogens (tertiary/aromatic N) is 2. The van der Waals surface area contributed by atoms with Gasteiger partial charge in [-0.25, -0.2) is 0 Å². The van der Waals surface area contributed by atoms with E-state index in [1.165, 1.54) is 6.33 Å². The van der Waals surface area contributed by atoms with E-state index in [-0.39, 0.29) is 18.3 Å². The Balaban J connectivity index is 2.05. The van der Waals surface area contributed by atoms with Crippen molar-refractivity contribution >= 4 is 5.69 Å². The van der Waals surface area contributed by atoms with Crippen molar-refractivity contribution in [3.05, 3.63) is 6.33 Å². The van der Waals surface area contributed by atoms with Crippen molar-refractivity contribution in [2.24, 2.45) is 0 Å². The van der Waals surface area contributed by atoms with E-state index < -0.39 is 0 Å². The van der Waals surface area contributed by atoms with Crippen LogP contribution < -0.4 is 15.2 Å². The summed E-state index contributed by atoms with van der Waals surface area (Å²) >= 11 is 0. The summed E-state index contributed by atoms with van der Waals surface area (Å²) in [5, 5.41) is 0. The average Bonchev–Trinajstić information content (AvgIpc) is 2.43. The van der Waals surface area contributed by atoms with Gasteiger partial charge in [-0.2, -0.15) is 9.97 Å². The molecule has 1 aliphatic carbocycles. The molecule has 0 aromatic carbocycles. The quantitative estimate of drug-likeness (QED) is 0.891. The van der Waals surface area contributed by atoms with Crippen molar-refractivity contribution in [1.82, 2.24) is 9.97 Å². The second kappa shape index (κ2) is 6.74. The fourth-order valence-corrected chi connectivity index (χ4v) is 2.36. The van der Waals surface area contributed by atoms with Gasteiger partial charge in [-0.1, -0.05) is 0 Å². The maximum Gasteiger partial charge on any atom is 0.244 e. The third kappa shape index (κ3) is 3.72. The maximum absolute atomic E-state index is 6.01. The molecule has 2 N–H and O–H groups in total. The van der Waals surface area contributed by atoms with Crippen molar-refractivity contribution in [3.8, 4) is 11.8 Å². The predicted octanol–water partition coefficient (Wildman–Crippen LogP) is 2.18.